The summed E-state index contributed by atoms with van der Waals surface area (Å²) in [4.78, 5) is 21.6. The molecule has 1 saturated heterocycles. The molecule has 1 aliphatic rings. The van der Waals surface area contributed by atoms with Crippen molar-refractivity contribution in [3.8, 4) is 22.4 Å². The smallest absolute Gasteiger partial charge is 0.253 e. The van der Waals surface area contributed by atoms with Crippen molar-refractivity contribution in [2.24, 2.45) is 0 Å². The summed E-state index contributed by atoms with van der Waals surface area (Å²) in [6.45, 7) is 3.47. The summed E-state index contributed by atoms with van der Waals surface area (Å²) < 4.78 is 15.0. The summed E-state index contributed by atoms with van der Waals surface area (Å²) in [5, 5.41) is 5.99. The maximum Gasteiger partial charge on any atom is 0.253 e. The molecule has 1 N–H and O–H groups in total. The van der Waals surface area contributed by atoms with Gasteiger partial charge < -0.3 is 15.1 Å². The molecule has 7 heteroatoms. The third-order valence-corrected chi connectivity index (χ3v) is 7.96. The zero-order chi connectivity index (χ0) is 27.3. The van der Waals surface area contributed by atoms with E-state index in [4.69, 9.17) is 4.98 Å². The molecular formula is C33H29FN4OS. The number of benzene rings is 4. The van der Waals surface area contributed by atoms with Gasteiger partial charge in [0.1, 0.15) is 5.82 Å². The Kier molecular flexibility index (Phi) is 7.66. The molecule has 1 fully saturated rings. The topological polar surface area (TPSA) is 48.5 Å². The van der Waals surface area contributed by atoms with E-state index in [9.17, 15) is 4.79 Å². The number of hydrogen-bond donors (Lipinski definition) is 1. The van der Waals surface area contributed by atoms with Crippen molar-refractivity contribution in [1.29, 1.82) is 0 Å². The largest absolute Gasteiger partial charge is 0.336 e. The normalized spacial score (nSPS) is 13.3. The fourth-order valence-electron chi connectivity index (χ4n) is 4.90. The van der Waals surface area contributed by atoms with Crippen molar-refractivity contribution >= 4 is 28.1 Å². The number of aromatic nitrogens is 1. The Labute approximate surface area is 237 Å². The van der Waals surface area contributed by atoms with Gasteiger partial charge in [-0.25, -0.2) is 9.37 Å². The van der Waals surface area contributed by atoms with Gasteiger partial charge in [-0.15, -0.1) is 11.3 Å². The minimum atomic E-state index is -0.308. The van der Waals surface area contributed by atoms with Crippen molar-refractivity contribution in [2.75, 3.05) is 31.1 Å². The van der Waals surface area contributed by atoms with Gasteiger partial charge in [0.2, 0.25) is 0 Å². The number of carbonyl (C=O) groups is 1. The lowest BCUT2D eigenvalue weighted by Crippen LogP contribution is -2.46. The van der Waals surface area contributed by atoms with Gasteiger partial charge in [0.15, 0.2) is 5.13 Å². The third kappa shape index (κ3) is 5.66. The highest BCUT2D eigenvalue weighted by Gasteiger charge is 2.20. The van der Waals surface area contributed by atoms with Gasteiger partial charge in [-0.3, -0.25) is 4.79 Å². The first-order chi connectivity index (χ1) is 19.7. The number of nitrogens with zero attached hydrogens (tertiary/aromatic N) is 3. The predicted molar refractivity (Wildman–Crippen MR) is 160 cm³/mol. The van der Waals surface area contributed by atoms with Gasteiger partial charge in [0.05, 0.1) is 17.9 Å². The summed E-state index contributed by atoms with van der Waals surface area (Å²) in [5.74, 6) is -0.265. The van der Waals surface area contributed by atoms with Crippen LogP contribution in [0.3, 0.4) is 0 Å². The summed E-state index contributed by atoms with van der Waals surface area (Å²) in [6, 6.07) is 33.0. The van der Waals surface area contributed by atoms with E-state index in [0.29, 0.717) is 36.0 Å². The number of nitrogens with one attached hydrogen (secondary N) is 1. The maximum atomic E-state index is 15.0. The number of thiazole rings is 1. The minimum absolute atomic E-state index is 0.0434. The highest BCUT2D eigenvalue weighted by Crippen LogP contribution is 2.35. The van der Waals surface area contributed by atoms with Gasteiger partial charge in [-0.05, 0) is 41.0 Å². The van der Waals surface area contributed by atoms with Crippen molar-refractivity contribution in [3.63, 3.8) is 0 Å². The van der Waals surface area contributed by atoms with Crippen LogP contribution in [0.5, 0.6) is 0 Å². The quantitative estimate of drug-likeness (QED) is 0.238. The van der Waals surface area contributed by atoms with Crippen LogP contribution in [0.25, 0.3) is 22.4 Å². The molecule has 0 saturated carbocycles. The summed E-state index contributed by atoms with van der Waals surface area (Å²) in [7, 11) is 0. The number of halogens is 1. The molecule has 5 aromatic rings. The van der Waals surface area contributed by atoms with Crippen molar-refractivity contribution in [2.45, 2.75) is 6.54 Å². The molecule has 200 valence electrons. The zero-order valence-corrected chi connectivity index (χ0v) is 22.8. The van der Waals surface area contributed by atoms with Crippen LogP contribution >= 0.6 is 11.3 Å². The first-order valence-corrected chi connectivity index (χ1v) is 14.3. The first kappa shape index (κ1) is 25.9. The molecule has 40 heavy (non-hydrogen) atoms. The van der Waals surface area contributed by atoms with E-state index in [0.717, 1.165) is 35.5 Å². The lowest BCUT2D eigenvalue weighted by Gasteiger charge is -2.27. The standard InChI is InChI=1S/C33H29FN4OS/c34-29-8-4-5-9-31(29)38(22-24-10-12-28(13-11-24)32(39)37-20-18-35-19-21-37)33-36-30(23-40-33)27-16-14-26(15-17-27)25-6-2-1-3-7-25/h1-17,23,35H,18-22H2. The molecule has 2 heterocycles. The fraction of sp³-hybridized carbons (Fsp3) is 0.152. The van der Waals surface area contributed by atoms with Crippen LogP contribution in [0.4, 0.5) is 15.2 Å². The molecule has 0 radical (unpaired) electrons. The lowest BCUT2D eigenvalue weighted by atomic mass is 10.0. The highest BCUT2D eigenvalue weighted by atomic mass is 32.1. The average molecular weight is 549 g/mol. The van der Waals surface area contributed by atoms with E-state index in [1.807, 2.05) is 63.7 Å². The molecule has 5 nitrogen and oxygen atoms in total. The van der Waals surface area contributed by atoms with Crippen molar-refractivity contribution in [1.82, 2.24) is 15.2 Å². The summed E-state index contributed by atoms with van der Waals surface area (Å²) >= 11 is 1.48. The maximum absolute atomic E-state index is 15.0. The average Bonchev–Trinajstić information content (AvgIpc) is 3.51. The molecule has 1 aliphatic heterocycles. The van der Waals surface area contributed by atoms with E-state index >= 15 is 4.39 Å². The molecule has 1 amide bonds. The molecule has 0 unspecified atom stereocenters. The van der Waals surface area contributed by atoms with Crippen molar-refractivity contribution < 1.29 is 9.18 Å². The van der Waals surface area contributed by atoms with Gasteiger partial charge in [-0.1, -0.05) is 78.9 Å². The molecule has 0 spiro atoms. The van der Waals surface area contributed by atoms with Crippen LogP contribution in [0.1, 0.15) is 15.9 Å². The van der Waals surface area contributed by atoms with Gasteiger partial charge >= 0.3 is 0 Å². The SMILES string of the molecule is O=C(c1ccc(CN(c2nc(-c3ccc(-c4ccccc4)cc3)cs2)c2ccccc2F)cc1)N1CCNCC1. The Balaban J connectivity index is 1.25. The molecular weight excluding hydrogens is 519 g/mol. The van der Waals surface area contributed by atoms with Crippen LogP contribution in [0.2, 0.25) is 0 Å². The van der Waals surface area contributed by atoms with Gasteiger partial charge in [0, 0.05) is 42.7 Å². The molecule has 0 atom stereocenters. The fourth-order valence-corrected chi connectivity index (χ4v) is 5.74. The number of anilines is 2. The first-order valence-electron chi connectivity index (χ1n) is 13.4. The summed E-state index contributed by atoms with van der Waals surface area (Å²) in [5.41, 5.74) is 6.25. The highest BCUT2D eigenvalue weighted by molar-refractivity contribution is 7.14. The predicted octanol–water partition coefficient (Wildman–Crippen LogP) is 7.00. The van der Waals surface area contributed by atoms with Crippen LogP contribution in [0.15, 0.2) is 109 Å². The van der Waals surface area contributed by atoms with Crippen LogP contribution in [-0.2, 0) is 6.54 Å². The molecule has 0 aliphatic carbocycles. The third-order valence-electron chi connectivity index (χ3n) is 7.10. The molecule has 4 aromatic carbocycles. The Morgan fingerprint density at radius 2 is 1.48 bits per heavy atom. The van der Waals surface area contributed by atoms with Gasteiger partial charge in [-0.2, -0.15) is 0 Å². The van der Waals surface area contributed by atoms with E-state index < -0.39 is 0 Å². The molecule has 1 aromatic heterocycles. The molecule has 6 rings (SSSR count). The van der Waals surface area contributed by atoms with Crippen LogP contribution in [-0.4, -0.2) is 42.0 Å². The number of amides is 1. The second-order valence-corrected chi connectivity index (χ2v) is 10.6. The number of hydrogen-bond acceptors (Lipinski definition) is 5. The second-order valence-electron chi connectivity index (χ2n) is 9.74. The summed E-state index contributed by atoms with van der Waals surface area (Å²) in [6.07, 6.45) is 0. The number of piperazine rings is 1. The van der Waals surface area contributed by atoms with E-state index in [1.165, 1.54) is 23.0 Å². The van der Waals surface area contributed by atoms with Gasteiger partial charge in [0.25, 0.3) is 5.91 Å². The van der Waals surface area contributed by atoms with Crippen LogP contribution in [0, 0.1) is 5.82 Å². The van der Waals surface area contributed by atoms with E-state index in [2.05, 4.69) is 41.7 Å². The number of rotatable bonds is 7. The second kappa shape index (κ2) is 11.8. The number of carbonyl (C=O) groups excluding carboxylic acids is 1. The van der Waals surface area contributed by atoms with Crippen LogP contribution < -0.4 is 10.2 Å². The Morgan fingerprint density at radius 3 is 2.20 bits per heavy atom. The number of para-hydroxylation sites is 1. The Morgan fingerprint density at radius 1 is 0.825 bits per heavy atom. The minimum Gasteiger partial charge on any atom is -0.336 e. The Hall–Kier alpha value is -4.33. The monoisotopic (exact) mass is 548 g/mol. The van der Waals surface area contributed by atoms with E-state index in [-0.39, 0.29) is 11.7 Å². The molecule has 0 bridgehead atoms. The Bertz CT molecular complexity index is 1580. The van der Waals surface area contributed by atoms with Crippen molar-refractivity contribution in [3.05, 3.63) is 125 Å². The van der Waals surface area contributed by atoms with E-state index in [1.54, 1.807) is 12.1 Å². The lowest BCUT2D eigenvalue weighted by molar-refractivity contribution is 0.0736. The zero-order valence-electron chi connectivity index (χ0n) is 22.0.